The largest absolute Gasteiger partial charge is 0.396 e. The van der Waals surface area contributed by atoms with Gasteiger partial charge in [0, 0.05) is 17.5 Å². The second-order valence-electron chi connectivity index (χ2n) is 3.31. The summed E-state index contributed by atoms with van der Waals surface area (Å²) in [5.41, 5.74) is 1.09. The molecule has 1 aromatic heterocycles. The Kier molecular flexibility index (Phi) is 4.51. The van der Waals surface area contributed by atoms with Crippen LogP contribution in [-0.4, -0.2) is 23.2 Å². The van der Waals surface area contributed by atoms with E-state index in [0.29, 0.717) is 0 Å². The molecule has 0 radical (unpaired) electrons. The molecule has 0 aliphatic heterocycles. The average Bonchev–Trinajstić information content (AvgIpc) is 2.45. The van der Waals surface area contributed by atoms with Crippen molar-refractivity contribution in [2.75, 3.05) is 13.2 Å². The van der Waals surface area contributed by atoms with Crippen LogP contribution in [0.5, 0.6) is 0 Å². The van der Waals surface area contributed by atoms with Crippen LogP contribution >= 0.6 is 11.3 Å². The van der Waals surface area contributed by atoms with E-state index in [2.05, 4.69) is 17.2 Å². The normalized spacial score (nSPS) is 13.1. The molecule has 0 saturated carbocycles. The first-order valence-corrected chi connectivity index (χ1v) is 5.78. The molecule has 0 aliphatic rings. The molecule has 1 aromatic rings. The molecule has 1 heterocycles. The summed E-state index contributed by atoms with van der Waals surface area (Å²) in [6.07, 6.45) is 0.760. The van der Waals surface area contributed by atoms with Gasteiger partial charge in [0.2, 0.25) is 0 Å². The first-order valence-electron chi connectivity index (χ1n) is 4.97. The summed E-state index contributed by atoms with van der Waals surface area (Å²) in [7, 11) is 0. The van der Waals surface area contributed by atoms with E-state index in [1.807, 2.05) is 13.8 Å². The SMILES string of the molecule is CCNC(CCO)c1sc(C)nc1C. The molecule has 0 spiro atoms. The Balaban J connectivity index is 2.80. The maximum absolute atomic E-state index is 8.97. The van der Waals surface area contributed by atoms with E-state index in [4.69, 9.17) is 5.11 Å². The van der Waals surface area contributed by atoms with E-state index in [9.17, 15) is 0 Å². The maximum atomic E-state index is 8.97. The number of aliphatic hydroxyl groups is 1. The van der Waals surface area contributed by atoms with Crippen molar-refractivity contribution in [2.24, 2.45) is 0 Å². The van der Waals surface area contributed by atoms with E-state index >= 15 is 0 Å². The van der Waals surface area contributed by atoms with Crippen LogP contribution in [0.25, 0.3) is 0 Å². The second kappa shape index (κ2) is 5.44. The van der Waals surface area contributed by atoms with E-state index in [-0.39, 0.29) is 12.6 Å². The highest BCUT2D eigenvalue weighted by atomic mass is 32.1. The van der Waals surface area contributed by atoms with Crippen LogP contribution in [0.3, 0.4) is 0 Å². The molecule has 1 unspecified atom stereocenters. The van der Waals surface area contributed by atoms with Gasteiger partial charge in [-0.05, 0) is 26.8 Å². The molecule has 4 heteroatoms. The molecule has 0 aliphatic carbocycles. The quantitative estimate of drug-likeness (QED) is 0.785. The Hall–Kier alpha value is -0.450. The fraction of sp³-hybridized carbons (Fsp3) is 0.700. The lowest BCUT2D eigenvalue weighted by atomic mass is 10.1. The van der Waals surface area contributed by atoms with E-state index < -0.39 is 0 Å². The lowest BCUT2D eigenvalue weighted by molar-refractivity contribution is 0.267. The summed E-state index contributed by atoms with van der Waals surface area (Å²) in [4.78, 5) is 5.66. The summed E-state index contributed by atoms with van der Waals surface area (Å²) in [6.45, 7) is 7.26. The summed E-state index contributed by atoms with van der Waals surface area (Å²) < 4.78 is 0. The topological polar surface area (TPSA) is 45.1 Å². The van der Waals surface area contributed by atoms with Crippen LogP contribution in [0.15, 0.2) is 0 Å². The first kappa shape index (κ1) is 11.6. The lowest BCUT2D eigenvalue weighted by Gasteiger charge is -2.15. The monoisotopic (exact) mass is 214 g/mol. The van der Waals surface area contributed by atoms with Gasteiger partial charge in [-0.15, -0.1) is 11.3 Å². The molecule has 0 saturated heterocycles. The van der Waals surface area contributed by atoms with Crippen molar-refractivity contribution in [1.82, 2.24) is 10.3 Å². The molecular weight excluding hydrogens is 196 g/mol. The summed E-state index contributed by atoms with van der Waals surface area (Å²) >= 11 is 1.72. The second-order valence-corrected chi connectivity index (χ2v) is 4.54. The third-order valence-electron chi connectivity index (χ3n) is 2.12. The van der Waals surface area contributed by atoms with Crippen molar-refractivity contribution < 1.29 is 5.11 Å². The standard InChI is InChI=1S/C10H18N2OS/c1-4-11-9(5-6-13)10-7(2)12-8(3)14-10/h9,11,13H,4-6H2,1-3H3. The molecular formula is C10H18N2OS. The maximum Gasteiger partial charge on any atom is 0.0900 e. The van der Waals surface area contributed by atoms with Crippen molar-refractivity contribution in [1.29, 1.82) is 0 Å². The van der Waals surface area contributed by atoms with Crippen LogP contribution in [0.2, 0.25) is 0 Å². The predicted octanol–water partition coefficient (Wildman–Crippen LogP) is 1.79. The van der Waals surface area contributed by atoms with Crippen molar-refractivity contribution in [2.45, 2.75) is 33.2 Å². The molecule has 2 N–H and O–H groups in total. The van der Waals surface area contributed by atoms with E-state index in [1.54, 1.807) is 11.3 Å². The fourth-order valence-corrected chi connectivity index (χ4v) is 2.61. The van der Waals surface area contributed by atoms with Gasteiger partial charge in [-0.2, -0.15) is 0 Å². The van der Waals surface area contributed by atoms with Gasteiger partial charge < -0.3 is 10.4 Å². The van der Waals surface area contributed by atoms with Gasteiger partial charge in [0.25, 0.3) is 0 Å². The zero-order valence-electron chi connectivity index (χ0n) is 9.00. The lowest BCUT2D eigenvalue weighted by Crippen LogP contribution is -2.21. The minimum absolute atomic E-state index is 0.216. The Morgan fingerprint density at radius 1 is 1.50 bits per heavy atom. The zero-order chi connectivity index (χ0) is 10.6. The summed E-state index contributed by atoms with van der Waals surface area (Å²) in [6, 6.07) is 0.260. The molecule has 0 fully saturated rings. The highest BCUT2D eigenvalue weighted by molar-refractivity contribution is 7.11. The average molecular weight is 214 g/mol. The van der Waals surface area contributed by atoms with Gasteiger partial charge in [-0.1, -0.05) is 6.92 Å². The minimum Gasteiger partial charge on any atom is -0.396 e. The number of aromatic nitrogens is 1. The molecule has 1 rings (SSSR count). The smallest absolute Gasteiger partial charge is 0.0900 e. The van der Waals surface area contributed by atoms with Crippen LogP contribution in [0.4, 0.5) is 0 Å². The summed E-state index contributed by atoms with van der Waals surface area (Å²) in [5, 5.41) is 13.4. The van der Waals surface area contributed by atoms with Crippen LogP contribution in [-0.2, 0) is 0 Å². The number of aliphatic hydroxyl groups excluding tert-OH is 1. The molecule has 14 heavy (non-hydrogen) atoms. The zero-order valence-corrected chi connectivity index (χ0v) is 9.82. The predicted molar refractivity (Wildman–Crippen MR) is 59.7 cm³/mol. The Morgan fingerprint density at radius 3 is 2.64 bits per heavy atom. The third-order valence-corrected chi connectivity index (χ3v) is 3.31. The van der Waals surface area contributed by atoms with E-state index in [0.717, 1.165) is 23.7 Å². The first-order chi connectivity index (χ1) is 6.69. The Bertz CT molecular complexity index is 280. The van der Waals surface area contributed by atoms with Gasteiger partial charge >= 0.3 is 0 Å². The van der Waals surface area contributed by atoms with Gasteiger partial charge in [-0.3, -0.25) is 0 Å². The van der Waals surface area contributed by atoms with Crippen LogP contribution in [0.1, 0.15) is 35.0 Å². The molecule has 0 amide bonds. The fourth-order valence-electron chi connectivity index (χ4n) is 1.57. The highest BCUT2D eigenvalue weighted by Gasteiger charge is 2.15. The van der Waals surface area contributed by atoms with Gasteiger partial charge in [-0.25, -0.2) is 4.98 Å². The number of nitrogens with one attached hydrogen (secondary N) is 1. The number of thiazole rings is 1. The van der Waals surface area contributed by atoms with Gasteiger partial charge in [0.1, 0.15) is 0 Å². The number of nitrogens with zero attached hydrogens (tertiary/aromatic N) is 1. The Morgan fingerprint density at radius 2 is 2.21 bits per heavy atom. The Labute approximate surface area is 89.2 Å². The van der Waals surface area contributed by atoms with E-state index in [1.165, 1.54) is 4.88 Å². The van der Waals surface area contributed by atoms with Crippen molar-refractivity contribution >= 4 is 11.3 Å². The molecule has 1 atom stereocenters. The molecule has 0 aromatic carbocycles. The number of rotatable bonds is 5. The van der Waals surface area contributed by atoms with Crippen LogP contribution in [0, 0.1) is 13.8 Å². The molecule has 3 nitrogen and oxygen atoms in total. The summed E-state index contributed by atoms with van der Waals surface area (Å²) in [5.74, 6) is 0. The number of hydrogen-bond donors (Lipinski definition) is 2. The van der Waals surface area contributed by atoms with Gasteiger partial charge in [0.15, 0.2) is 0 Å². The third kappa shape index (κ3) is 2.77. The number of aryl methyl sites for hydroxylation is 2. The van der Waals surface area contributed by atoms with Crippen LogP contribution < -0.4 is 5.32 Å². The van der Waals surface area contributed by atoms with Crippen molar-refractivity contribution in [3.63, 3.8) is 0 Å². The molecule has 80 valence electrons. The van der Waals surface area contributed by atoms with Crippen molar-refractivity contribution in [3.05, 3.63) is 15.6 Å². The highest BCUT2D eigenvalue weighted by Crippen LogP contribution is 2.26. The van der Waals surface area contributed by atoms with Crippen molar-refractivity contribution in [3.8, 4) is 0 Å². The minimum atomic E-state index is 0.216. The van der Waals surface area contributed by atoms with Gasteiger partial charge in [0.05, 0.1) is 10.7 Å². The number of hydrogen-bond acceptors (Lipinski definition) is 4. The molecule has 0 bridgehead atoms.